The van der Waals surface area contributed by atoms with Crippen LogP contribution in [0, 0.1) is 6.92 Å². The number of benzene rings is 2. The Morgan fingerprint density at radius 2 is 1.92 bits per heavy atom. The molecule has 2 aromatic rings. The summed E-state index contributed by atoms with van der Waals surface area (Å²) in [6, 6.07) is 13.4. The first-order valence-corrected chi connectivity index (χ1v) is 8.39. The molecule has 0 unspecified atom stereocenters. The highest BCUT2D eigenvalue weighted by Gasteiger charge is 2.20. The molecule has 2 aromatic carbocycles. The number of carbonyl (C=O) groups excluding carboxylic acids is 1. The van der Waals surface area contributed by atoms with Crippen molar-refractivity contribution < 1.29 is 4.79 Å². The fraction of sp³-hybridized carbons (Fsp3) is 0.158. The molecule has 0 atom stereocenters. The van der Waals surface area contributed by atoms with Crippen molar-refractivity contribution >= 4 is 41.0 Å². The molecule has 3 nitrogen and oxygen atoms in total. The van der Waals surface area contributed by atoms with Crippen LogP contribution in [0.15, 0.2) is 53.2 Å². The topological polar surface area (TPSA) is 41.5 Å². The standard InChI is InChI=1S/C19H16Cl2N2O/c1-12-4-2-3-5-13(12)7-9-18-22-17(19(24)23-18)10-14-6-8-15(20)11-16(14)21/h2-6,8,10-11H,7,9H2,1H3,(H,22,23,24)/b17-10-. The van der Waals surface area contributed by atoms with Gasteiger partial charge < -0.3 is 5.32 Å². The molecule has 1 amide bonds. The van der Waals surface area contributed by atoms with Crippen molar-refractivity contribution in [3.63, 3.8) is 0 Å². The molecular formula is C19H16Cl2N2O. The summed E-state index contributed by atoms with van der Waals surface area (Å²) in [4.78, 5) is 16.5. The maximum atomic E-state index is 12.1. The summed E-state index contributed by atoms with van der Waals surface area (Å²) in [5.41, 5.74) is 3.58. The van der Waals surface area contributed by atoms with Gasteiger partial charge in [-0.25, -0.2) is 4.99 Å². The zero-order valence-corrected chi connectivity index (χ0v) is 14.7. The van der Waals surface area contributed by atoms with Crippen LogP contribution in [-0.2, 0) is 11.2 Å². The summed E-state index contributed by atoms with van der Waals surface area (Å²) in [5.74, 6) is 0.473. The fourth-order valence-electron chi connectivity index (χ4n) is 2.54. The smallest absolute Gasteiger partial charge is 0.275 e. The summed E-state index contributed by atoms with van der Waals surface area (Å²) in [7, 11) is 0. The molecule has 0 bridgehead atoms. The maximum Gasteiger partial charge on any atom is 0.275 e. The van der Waals surface area contributed by atoms with Crippen LogP contribution in [0.25, 0.3) is 6.08 Å². The summed E-state index contributed by atoms with van der Waals surface area (Å²) in [6.07, 6.45) is 3.19. The van der Waals surface area contributed by atoms with E-state index in [0.717, 1.165) is 12.0 Å². The molecule has 0 fully saturated rings. The van der Waals surface area contributed by atoms with Gasteiger partial charge in [0.2, 0.25) is 0 Å². The van der Waals surface area contributed by atoms with Gasteiger partial charge in [0.15, 0.2) is 0 Å². The second-order valence-corrected chi connectivity index (χ2v) is 6.48. The molecule has 0 aromatic heterocycles. The molecule has 5 heteroatoms. The predicted molar refractivity (Wildman–Crippen MR) is 99.5 cm³/mol. The molecule has 0 saturated carbocycles. The molecule has 1 aliphatic rings. The van der Waals surface area contributed by atoms with Crippen molar-refractivity contribution in [3.05, 3.63) is 74.9 Å². The van der Waals surface area contributed by atoms with E-state index in [1.165, 1.54) is 11.1 Å². The van der Waals surface area contributed by atoms with Gasteiger partial charge in [0.05, 0.1) is 0 Å². The minimum Gasteiger partial charge on any atom is -0.309 e. The van der Waals surface area contributed by atoms with Gasteiger partial charge in [-0.15, -0.1) is 0 Å². The van der Waals surface area contributed by atoms with Crippen molar-refractivity contribution in [2.24, 2.45) is 4.99 Å². The van der Waals surface area contributed by atoms with E-state index in [1.54, 1.807) is 24.3 Å². The van der Waals surface area contributed by atoms with Crippen molar-refractivity contribution in [1.29, 1.82) is 0 Å². The third-order valence-electron chi connectivity index (χ3n) is 3.89. The highest BCUT2D eigenvalue weighted by Crippen LogP contribution is 2.24. The second kappa shape index (κ2) is 7.20. The Hall–Kier alpha value is -2.10. The van der Waals surface area contributed by atoms with Crippen LogP contribution in [0.1, 0.15) is 23.1 Å². The van der Waals surface area contributed by atoms with Gasteiger partial charge in [0, 0.05) is 16.5 Å². The van der Waals surface area contributed by atoms with E-state index in [-0.39, 0.29) is 5.91 Å². The van der Waals surface area contributed by atoms with E-state index in [4.69, 9.17) is 23.2 Å². The highest BCUT2D eigenvalue weighted by molar-refractivity contribution is 6.35. The first-order valence-electron chi connectivity index (χ1n) is 7.63. The van der Waals surface area contributed by atoms with Crippen molar-refractivity contribution in [2.45, 2.75) is 19.8 Å². The molecule has 122 valence electrons. The van der Waals surface area contributed by atoms with Crippen LogP contribution >= 0.6 is 23.2 Å². The number of rotatable bonds is 4. The third kappa shape index (κ3) is 3.86. The van der Waals surface area contributed by atoms with Gasteiger partial charge in [-0.3, -0.25) is 4.79 Å². The number of hydrogen-bond donors (Lipinski definition) is 1. The number of amidine groups is 1. The Labute approximate surface area is 151 Å². The quantitative estimate of drug-likeness (QED) is 0.783. The van der Waals surface area contributed by atoms with E-state index < -0.39 is 0 Å². The molecule has 1 N–H and O–H groups in total. The number of nitrogens with one attached hydrogen (secondary N) is 1. The number of aliphatic imine (C=N–C) groups is 1. The lowest BCUT2D eigenvalue weighted by atomic mass is 10.0. The zero-order chi connectivity index (χ0) is 17.1. The maximum absolute atomic E-state index is 12.1. The molecule has 1 heterocycles. The first kappa shape index (κ1) is 16.7. The largest absolute Gasteiger partial charge is 0.309 e. The normalized spacial score (nSPS) is 15.5. The third-order valence-corrected chi connectivity index (χ3v) is 4.46. The van der Waals surface area contributed by atoms with Gasteiger partial charge in [0.1, 0.15) is 11.5 Å². The second-order valence-electron chi connectivity index (χ2n) is 5.63. The molecule has 0 aliphatic carbocycles. The van der Waals surface area contributed by atoms with Crippen LogP contribution < -0.4 is 5.32 Å². The Balaban J connectivity index is 1.75. The van der Waals surface area contributed by atoms with Crippen molar-refractivity contribution in [2.75, 3.05) is 0 Å². The Bertz CT molecular complexity index is 856. The van der Waals surface area contributed by atoms with Crippen LogP contribution in [-0.4, -0.2) is 11.7 Å². The summed E-state index contributed by atoms with van der Waals surface area (Å²) in [5, 5.41) is 3.87. The lowest BCUT2D eigenvalue weighted by Gasteiger charge is -2.04. The van der Waals surface area contributed by atoms with Crippen molar-refractivity contribution in [1.82, 2.24) is 5.32 Å². The Morgan fingerprint density at radius 1 is 1.12 bits per heavy atom. The zero-order valence-electron chi connectivity index (χ0n) is 13.1. The minimum atomic E-state index is -0.208. The van der Waals surface area contributed by atoms with Gasteiger partial charge in [-0.05, 0) is 48.2 Å². The molecular weight excluding hydrogens is 343 g/mol. The van der Waals surface area contributed by atoms with E-state index >= 15 is 0 Å². The number of halogens is 2. The molecule has 3 rings (SSSR count). The number of aryl methyl sites for hydroxylation is 2. The molecule has 24 heavy (non-hydrogen) atoms. The number of nitrogens with zero attached hydrogens (tertiary/aromatic N) is 1. The van der Waals surface area contributed by atoms with E-state index in [1.807, 2.05) is 12.1 Å². The SMILES string of the molecule is Cc1ccccc1CCC1=N/C(=C\c2ccc(Cl)cc2Cl)C(=O)N1. The van der Waals surface area contributed by atoms with Crippen LogP contribution in [0.2, 0.25) is 10.0 Å². The van der Waals surface area contributed by atoms with Crippen LogP contribution in [0.4, 0.5) is 0 Å². The monoisotopic (exact) mass is 358 g/mol. The Morgan fingerprint density at radius 3 is 2.67 bits per heavy atom. The predicted octanol–water partition coefficient (Wildman–Crippen LogP) is 4.80. The number of carbonyl (C=O) groups is 1. The average molecular weight is 359 g/mol. The number of hydrogen-bond acceptors (Lipinski definition) is 2. The van der Waals surface area contributed by atoms with Gasteiger partial charge in [0.25, 0.3) is 5.91 Å². The van der Waals surface area contributed by atoms with E-state index in [2.05, 4.69) is 29.4 Å². The Kier molecular flexibility index (Phi) is 5.03. The summed E-state index contributed by atoms with van der Waals surface area (Å²) in [6.45, 7) is 2.08. The van der Waals surface area contributed by atoms with Crippen LogP contribution in [0.5, 0.6) is 0 Å². The molecule has 0 radical (unpaired) electrons. The van der Waals surface area contributed by atoms with E-state index in [0.29, 0.717) is 28.0 Å². The van der Waals surface area contributed by atoms with E-state index in [9.17, 15) is 4.79 Å². The summed E-state index contributed by atoms with van der Waals surface area (Å²) < 4.78 is 0. The molecule has 1 aliphatic heterocycles. The summed E-state index contributed by atoms with van der Waals surface area (Å²) >= 11 is 12.0. The van der Waals surface area contributed by atoms with Crippen LogP contribution in [0.3, 0.4) is 0 Å². The average Bonchev–Trinajstić information content (AvgIpc) is 2.89. The fourth-order valence-corrected chi connectivity index (χ4v) is 3.01. The lowest BCUT2D eigenvalue weighted by molar-refractivity contribution is -0.115. The first-order chi connectivity index (χ1) is 11.5. The van der Waals surface area contributed by atoms with Crippen molar-refractivity contribution in [3.8, 4) is 0 Å². The molecule has 0 spiro atoms. The lowest BCUT2D eigenvalue weighted by Crippen LogP contribution is -2.24. The molecule has 0 saturated heterocycles. The van der Waals surface area contributed by atoms with Gasteiger partial charge in [-0.2, -0.15) is 0 Å². The van der Waals surface area contributed by atoms with Gasteiger partial charge in [-0.1, -0.05) is 53.5 Å². The highest BCUT2D eigenvalue weighted by atomic mass is 35.5. The van der Waals surface area contributed by atoms with Gasteiger partial charge >= 0.3 is 0 Å². The number of amides is 1. The minimum absolute atomic E-state index is 0.208.